The van der Waals surface area contributed by atoms with Crippen molar-refractivity contribution in [3.05, 3.63) is 53.9 Å². The molecule has 0 saturated carbocycles. The lowest BCUT2D eigenvalue weighted by Gasteiger charge is -2.07. The molecular formula is C13H13N3O2. The number of pyridine rings is 1. The van der Waals surface area contributed by atoms with E-state index < -0.39 is 0 Å². The maximum atomic E-state index is 8.93. The van der Waals surface area contributed by atoms with Gasteiger partial charge in [-0.2, -0.15) is 0 Å². The number of benzene rings is 1. The highest BCUT2D eigenvalue weighted by molar-refractivity contribution is 5.93. The number of aliphatic hydroxyl groups is 1. The molecule has 1 aromatic heterocycles. The molecule has 5 nitrogen and oxygen atoms in total. The molecule has 0 aliphatic carbocycles. The molecule has 1 heterocycles. The van der Waals surface area contributed by atoms with Crippen molar-refractivity contribution in [2.24, 2.45) is 5.73 Å². The summed E-state index contributed by atoms with van der Waals surface area (Å²) in [5, 5.41) is 16.2. The van der Waals surface area contributed by atoms with Crippen LogP contribution in [0.4, 0.5) is 0 Å². The van der Waals surface area contributed by atoms with Crippen LogP contribution >= 0.6 is 0 Å². The van der Waals surface area contributed by atoms with Crippen molar-refractivity contribution in [1.29, 1.82) is 5.41 Å². The van der Waals surface area contributed by atoms with Crippen molar-refractivity contribution in [2.45, 2.75) is 6.61 Å². The molecule has 0 amide bonds. The lowest BCUT2D eigenvalue weighted by atomic mass is 10.2. The number of amidine groups is 1. The number of aromatic nitrogens is 1. The summed E-state index contributed by atoms with van der Waals surface area (Å²) in [6, 6.07) is 10.4. The number of nitrogens with zero attached hydrogens (tertiary/aromatic N) is 1. The second kappa shape index (κ2) is 5.29. The fourth-order valence-corrected chi connectivity index (χ4v) is 1.42. The van der Waals surface area contributed by atoms with Crippen molar-refractivity contribution >= 4 is 5.84 Å². The average molecular weight is 243 g/mol. The molecule has 0 aliphatic rings. The van der Waals surface area contributed by atoms with Gasteiger partial charge in [0.2, 0.25) is 0 Å². The molecule has 0 bridgehead atoms. The molecule has 4 N–H and O–H groups in total. The molecule has 1 aromatic carbocycles. The molecule has 0 spiro atoms. The summed E-state index contributed by atoms with van der Waals surface area (Å²) < 4.78 is 5.59. The van der Waals surface area contributed by atoms with Crippen LogP contribution in [0.25, 0.3) is 0 Å². The Kier molecular flexibility index (Phi) is 3.54. The summed E-state index contributed by atoms with van der Waals surface area (Å²) >= 11 is 0. The first-order valence-electron chi connectivity index (χ1n) is 5.37. The Labute approximate surface area is 104 Å². The third-order valence-electron chi connectivity index (χ3n) is 2.35. The van der Waals surface area contributed by atoms with Crippen LogP contribution in [0.5, 0.6) is 11.5 Å². The van der Waals surface area contributed by atoms with E-state index in [9.17, 15) is 0 Å². The number of hydrogen-bond acceptors (Lipinski definition) is 4. The molecular weight excluding hydrogens is 230 g/mol. The molecule has 2 aromatic rings. The molecule has 0 radical (unpaired) electrons. The van der Waals surface area contributed by atoms with E-state index >= 15 is 0 Å². The van der Waals surface area contributed by atoms with Gasteiger partial charge in [0.1, 0.15) is 23.0 Å². The zero-order valence-electron chi connectivity index (χ0n) is 9.63. The third kappa shape index (κ3) is 2.83. The van der Waals surface area contributed by atoms with Gasteiger partial charge >= 0.3 is 0 Å². The highest BCUT2D eigenvalue weighted by Gasteiger charge is 2.02. The van der Waals surface area contributed by atoms with Crippen molar-refractivity contribution in [3.8, 4) is 11.5 Å². The van der Waals surface area contributed by atoms with Gasteiger partial charge in [0, 0.05) is 12.3 Å². The molecule has 2 rings (SSSR count). The van der Waals surface area contributed by atoms with Crippen LogP contribution in [0.15, 0.2) is 42.6 Å². The fraction of sp³-hybridized carbons (Fsp3) is 0.0769. The summed E-state index contributed by atoms with van der Waals surface area (Å²) in [6.07, 6.45) is 1.54. The highest BCUT2D eigenvalue weighted by Crippen LogP contribution is 2.21. The van der Waals surface area contributed by atoms with Gasteiger partial charge in [-0.1, -0.05) is 12.1 Å². The van der Waals surface area contributed by atoms with Crippen molar-refractivity contribution in [3.63, 3.8) is 0 Å². The maximum Gasteiger partial charge on any atom is 0.141 e. The van der Waals surface area contributed by atoms with Crippen LogP contribution in [-0.2, 0) is 6.61 Å². The number of aliphatic hydroxyl groups excluding tert-OH is 1. The van der Waals surface area contributed by atoms with Gasteiger partial charge < -0.3 is 15.6 Å². The first-order chi connectivity index (χ1) is 8.69. The second-order valence-corrected chi connectivity index (χ2v) is 3.69. The Hall–Kier alpha value is -2.40. The lowest BCUT2D eigenvalue weighted by molar-refractivity contribution is 0.281. The molecule has 5 heteroatoms. The van der Waals surface area contributed by atoms with E-state index in [1.165, 1.54) is 6.20 Å². The van der Waals surface area contributed by atoms with Gasteiger partial charge in [0.25, 0.3) is 0 Å². The van der Waals surface area contributed by atoms with E-state index in [1.807, 2.05) is 0 Å². The van der Waals surface area contributed by atoms with Crippen molar-refractivity contribution in [1.82, 2.24) is 4.98 Å². The molecule has 0 fully saturated rings. The Morgan fingerprint density at radius 3 is 2.56 bits per heavy atom. The van der Waals surface area contributed by atoms with Gasteiger partial charge in [-0.15, -0.1) is 0 Å². The van der Waals surface area contributed by atoms with Crippen LogP contribution < -0.4 is 10.5 Å². The monoisotopic (exact) mass is 243 g/mol. The molecule has 92 valence electrons. The van der Waals surface area contributed by atoms with Gasteiger partial charge in [-0.05, 0) is 23.8 Å². The predicted molar refractivity (Wildman–Crippen MR) is 67.7 cm³/mol. The molecule has 0 atom stereocenters. The summed E-state index contributed by atoms with van der Waals surface area (Å²) in [4.78, 5) is 3.95. The zero-order valence-corrected chi connectivity index (χ0v) is 9.63. The summed E-state index contributed by atoms with van der Waals surface area (Å²) in [5.74, 6) is 1.11. The van der Waals surface area contributed by atoms with E-state index in [4.69, 9.17) is 21.0 Å². The SMILES string of the molecule is N=C(N)c1cc(Oc2ccc(CO)cc2)ccn1. The first kappa shape index (κ1) is 12.1. The number of nitrogens with one attached hydrogen (secondary N) is 1. The maximum absolute atomic E-state index is 8.93. The zero-order chi connectivity index (χ0) is 13.0. The van der Waals surface area contributed by atoms with Crippen LogP contribution in [0.1, 0.15) is 11.3 Å². The highest BCUT2D eigenvalue weighted by atomic mass is 16.5. The van der Waals surface area contributed by atoms with Crippen LogP contribution in [0.2, 0.25) is 0 Å². The summed E-state index contributed by atoms with van der Waals surface area (Å²) in [6.45, 7) is 0.00399. The van der Waals surface area contributed by atoms with Gasteiger partial charge in [0.15, 0.2) is 0 Å². The van der Waals surface area contributed by atoms with Crippen LogP contribution in [-0.4, -0.2) is 15.9 Å². The number of rotatable bonds is 4. The van der Waals surface area contributed by atoms with Crippen molar-refractivity contribution < 1.29 is 9.84 Å². The Bertz CT molecular complexity index is 552. The average Bonchev–Trinajstić information content (AvgIpc) is 2.40. The standard InChI is InChI=1S/C13H13N3O2/c14-13(15)12-7-11(5-6-16-12)18-10-3-1-9(8-17)2-4-10/h1-7,17H,8H2,(H3,14,15). The quantitative estimate of drug-likeness (QED) is 0.562. The number of ether oxygens (including phenoxy) is 1. The van der Waals surface area contributed by atoms with Gasteiger partial charge in [-0.25, -0.2) is 0 Å². The minimum atomic E-state index is -0.101. The minimum Gasteiger partial charge on any atom is -0.457 e. The van der Waals surface area contributed by atoms with E-state index in [2.05, 4.69) is 4.98 Å². The van der Waals surface area contributed by atoms with E-state index in [-0.39, 0.29) is 12.4 Å². The minimum absolute atomic E-state index is 0.00399. The van der Waals surface area contributed by atoms with Gasteiger partial charge in [-0.3, -0.25) is 10.4 Å². The van der Waals surface area contributed by atoms with E-state index in [0.29, 0.717) is 17.2 Å². The normalized spacial score (nSPS) is 10.1. The number of nitrogens with two attached hydrogens (primary N) is 1. The number of nitrogen functional groups attached to an aromatic ring is 1. The molecule has 0 aliphatic heterocycles. The molecule has 0 unspecified atom stereocenters. The fourth-order valence-electron chi connectivity index (χ4n) is 1.42. The Balaban J connectivity index is 2.17. The van der Waals surface area contributed by atoms with E-state index in [1.54, 1.807) is 36.4 Å². The summed E-state index contributed by atoms with van der Waals surface area (Å²) in [5.41, 5.74) is 6.55. The molecule has 18 heavy (non-hydrogen) atoms. The lowest BCUT2D eigenvalue weighted by Crippen LogP contribution is -2.12. The molecule has 0 saturated heterocycles. The van der Waals surface area contributed by atoms with Gasteiger partial charge in [0.05, 0.1) is 6.61 Å². The van der Waals surface area contributed by atoms with Crippen molar-refractivity contribution in [2.75, 3.05) is 0 Å². The first-order valence-corrected chi connectivity index (χ1v) is 5.37. The van der Waals surface area contributed by atoms with E-state index in [0.717, 1.165) is 5.56 Å². The van der Waals surface area contributed by atoms with Crippen LogP contribution in [0, 0.1) is 5.41 Å². The summed E-state index contributed by atoms with van der Waals surface area (Å²) in [7, 11) is 0. The second-order valence-electron chi connectivity index (χ2n) is 3.69. The topological polar surface area (TPSA) is 92.2 Å². The van der Waals surface area contributed by atoms with Crippen LogP contribution in [0.3, 0.4) is 0 Å². The number of hydrogen-bond donors (Lipinski definition) is 3. The smallest absolute Gasteiger partial charge is 0.141 e. The predicted octanol–water partition coefficient (Wildman–Crippen LogP) is 1.65. The Morgan fingerprint density at radius 2 is 1.94 bits per heavy atom. The Morgan fingerprint density at radius 1 is 1.22 bits per heavy atom. The third-order valence-corrected chi connectivity index (χ3v) is 2.35. The largest absolute Gasteiger partial charge is 0.457 e.